The Morgan fingerprint density at radius 2 is 1.63 bits per heavy atom. The van der Waals surface area contributed by atoms with Gasteiger partial charge in [0.25, 0.3) is 0 Å². The number of hydrogen-bond acceptors (Lipinski definition) is 4. The molecular formula is C24H28N2O4. The zero-order valence-corrected chi connectivity index (χ0v) is 17.1. The molecule has 158 valence electrons. The molecule has 0 aromatic heterocycles. The molecule has 2 amide bonds. The first-order valence-corrected chi connectivity index (χ1v) is 10.7. The van der Waals surface area contributed by atoms with E-state index in [0.29, 0.717) is 32.4 Å². The number of likely N-dealkylation sites (tertiary alicyclic amines) is 1. The van der Waals surface area contributed by atoms with Gasteiger partial charge in [-0.3, -0.25) is 9.59 Å². The van der Waals surface area contributed by atoms with Gasteiger partial charge in [0.1, 0.15) is 0 Å². The van der Waals surface area contributed by atoms with Crippen molar-refractivity contribution in [2.45, 2.75) is 44.6 Å². The molecule has 0 radical (unpaired) electrons. The normalized spacial score (nSPS) is 15.8. The maximum absolute atomic E-state index is 12.6. The van der Waals surface area contributed by atoms with Crippen LogP contribution in [0, 0.1) is 0 Å². The summed E-state index contributed by atoms with van der Waals surface area (Å²) in [6.07, 6.45) is 4.04. The van der Waals surface area contributed by atoms with Crippen LogP contribution in [0.4, 0.5) is 0 Å². The molecule has 1 fully saturated rings. The van der Waals surface area contributed by atoms with Crippen molar-refractivity contribution in [1.82, 2.24) is 10.2 Å². The third kappa shape index (κ3) is 5.32. The van der Waals surface area contributed by atoms with Crippen molar-refractivity contribution in [3.8, 4) is 11.5 Å². The smallest absolute Gasteiger partial charge is 0.231 e. The molecule has 0 saturated carbocycles. The van der Waals surface area contributed by atoms with Crippen molar-refractivity contribution in [3.63, 3.8) is 0 Å². The summed E-state index contributed by atoms with van der Waals surface area (Å²) in [5.74, 6) is 1.77. The third-order valence-corrected chi connectivity index (χ3v) is 5.76. The number of amides is 2. The van der Waals surface area contributed by atoms with Crippen LogP contribution < -0.4 is 14.8 Å². The van der Waals surface area contributed by atoms with Crippen molar-refractivity contribution >= 4 is 11.8 Å². The summed E-state index contributed by atoms with van der Waals surface area (Å²) < 4.78 is 10.7. The van der Waals surface area contributed by atoms with E-state index in [1.165, 1.54) is 5.56 Å². The molecule has 1 saturated heterocycles. The minimum absolute atomic E-state index is 0.0893. The van der Waals surface area contributed by atoms with Crippen molar-refractivity contribution in [2.24, 2.45) is 0 Å². The molecule has 30 heavy (non-hydrogen) atoms. The fraction of sp³-hybridized carbons (Fsp3) is 0.417. The van der Waals surface area contributed by atoms with Gasteiger partial charge in [-0.1, -0.05) is 36.4 Å². The highest BCUT2D eigenvalue weighted by molar-refractivity contribution is 5.77. The van der Waals surface area contributed by atoms with Crippen LogP contribution in [0.15, 0.2) is 48.5 Å². The summed E-state index contributed by atoms with van der Waals surface area (Å²) in [5.41, 5.74) is 2.25. The zero-order valence-electron chi connectivity index (χ0n) is 17.1. The monoisotopic (exact) mass is 408 g/mol. The second kappa shape index (κ2) is 9.65. The van der Waals surface area contributed by atoms with Gasteiger partial charge in [-0.2, -0.15) is 0 Å². The largest absolute Gasteiger partial charge is 0.454 e. The summed E-state index contributed by atoms with van der Waals surface area (Å²) in [6, 6.07) is 16.0. The molecule has 6 heteroatoms. The highest BCUT2D eigenvalue weighted by atomic mass is 16.7. The molecule has 2 aromatic rings. The number of rotatable bonds is 7. The Balaban J connectivity index is 1.16. The van der Waals surface area contributed by atoms with Crippen LogP contribution >= 0.6 is 0 Å². The Labute approximate surface area is 177 Å². The fourth-order valence-electron chi connectivity index (χ4n) is 3.98. The molecule has 2 heterocycles. The van der Waals surface area contributed by atoms with E-state index in [-0.39, 0.29) is 24.6 Å². The molecule has 4 rings (SSSR count). The number of aryl methyl sites for hydroxylation is 2. The Morgan fingerprint density at radius 3 is 2.43 bits per heavy atom. The first-order valence-electron chi connectivity index (χ1n) is 10.7. The molecule has 0 bridgehead atoms. The number of ether oxygens (including phenoxy) is 2. The Morgan fingerprint density at radius 1 is 0.900 bits per heavy atom. The van der Waals surface area contributed by atoms with Gasteiger partial charge in [0, 0.05) is 32.0 Å². The van der Waals surface area contributed by atoms with E-state index >= 15 is 0 Å². The van der Waals surface area contributed by atoms with Crippen LogP contribution in [0.25, 0.3) is 0 Å². The van der Waals surface area contributed by atoms with Gasteiger partial charge in [0.15, 0.2) is 11.5 Å². The second-order valence-electron chi connectivity index (χ2n) is 7.90. The maximum atomic E-state index is 12.6. The number of carbonyl (C=O) groups is 2. The average molecular weight is 408 g/mol. The lowest BCUT2D eigenvalue weighted by atomic mass is 10.0. The van der Waals surface area contributed by atoms with E-state index in [1.54, 1.807) is 0 Å². The number of fused-ring (bicyclic) bond motifs is 1. The quantitative estimate of drug-likeness (QED) is 0.765. The fourth-order valence-corrected chi connectivity index (χ4v) is 3.98. The number of nitrogens with zero attached hydrogens (tertiary/aromatic N) is 1. The maximum Gasteiger partial charge on any atom is 0.231 e. The summed E-state index contributed by atoms with van der Waals surface area (Å²) in [4.78, 5) is 26.7. The molecule has 6 nitrogen and oxygen atoms in total. The standard InChI is InChI=1S/C24H28N2O4/c27-23(10-7-18-4-2-1-3-5-18)25-20-12-14-26(15-13-20)24(28)11-8-19-6-9-21-22(16-19)30-17-29-21/h1-6,9,16,20H,7-8,10-15,17H2,(H,25,27). The van der Waals surface area contributed by atoms with E-state index in [0.717, 1.165) is 36.3 Å². The lowest BCUT2D eigenvalue weighted by molar-refractivity contribution is -0.132. The van der Waals surface area contributed by atoms with Gasteiger partial charge in [0.2, 0.25) is 18.6 Å². The predicted octanol–water partition coefficient (Wildman–Crippen LogP) is 3.09. The van der Waals surface area contributed by atoms with Crippen molar-refractivity contribution in [2.75, 3.05) is 19.9 Å². The van der Waals surface area contributed by atoms with Crippen molar-refractivity contribution in [3.05, 3.63) is 59.7 Å². The summed E-state index contributed by atoms with van der Waals surface area (Å²) in [7, 11) is 0. The van der Waals surface area contributed by atoms with Gasteiger partial charge in [-0.25, -0.2) is 0 Å². The lowest BCUT2D eigenvalue weighted by Gasteiger charge is -2.32. The van der Waals surface area contributed by atoms with Crippen molar-refractivity contribution in [1.29, 1.82) is 0 Å². The van der Waals surface area contributed by atoms with Crippen LogP contribution in [-0.2, 0) is 22.4 Å². The molecule has 0 aliphatic carbocycles. The highest BCUT2D eigenvalue weighted by Gasteiger charge is 2.23. The van der Waals surface area contributed by atoms with E-state index < -0.39 is 0 Å². The number of piperidine rings is 1. The minimum Gasteiger partial charge on any atom is -0.454 e. The number of nitrogens with one attached hydrogen (secondary N) is 1. The van der Waals surface area contributed by atoms with E-state index in [1.807, 2.05) is 53.4 Å². The molecule has 2 aliphatic heterocycles. The average Bonchev–Trinajstić information content (AvgIpc) is 3.25. The molecule has 0 atom stereocenters. The lowest BCUT2D eigenvalue weighted by Crippen LogP contribution is -2.46. The zero-order chi connectivity index (χ0) is 20.8. The summed E-state index contributed by atoms with van der Waals surface area (Å²) in [6.45, 7) is 1.66. The topological polar surface area (TPSA) is 67.9 Å². The highest BCUT2D eigenvalue weighted by Crippen LogP contribution is 2.32. The molecular weight excluding hydrogens is 380 g/mol. The third-order valence-electron chi connectivity index (χ3n) is 5.76. The summed E-state index contributed by atoms with van der Waals surface area (Å²) >= 11 is 0. The summed E-state index contributed by atoms with van der Waals surface area (Å²) in [5, 5.41) is 3.13. The number of carbonyl (C=O) groups excluding carboxylic acids is 2. The van der Waals surface area contributed by atoms with Gasteiger partial charge < -0.3 is 19.7 Å². The van der Waals surface area contributed by atoms with Crippen LogP contribution in [-0.4, -0.2) is 42.6 Å². The van der Waals surface area contributed by atoms with Gasteiger partial charge in [-0.05, 0) is 48.9 Å². The van der Waals surface area contributed by atoms with Gasteiger partial charge in [0.05, 0.1) is 0 Å². The van der Waals surface area contributed by atoms with E-state index in [2.05, 4.69) is 5.32 Å². The number of hydrogen-bond donors (Lipinski definition) is 1. The van der Waals surface area contributed by atoms with Crippen LogP contribution in [0.3, 0.4) is 0 Å². The SMILES string of the molecule is O=C(CCc1ccccc1)NC1CCN(C(=O)CCc2ccc3c(c2)OCO3)CC1. The van der Waals surface area contributed by atoms with Gasteiger partial charge >= 0.3 is 0 Å². The number of benzene rings is 2. The molecule has 0 unspecified atom stereocenters. The first kappa shape index (κ1) is 20.3. The van der Waals surface area contributed by atoms with Crippen LogP contribution in [0.1, 0.15) is 36.8 Å². The second-order valence-corrected chi connectivity index (χ2v) is 7.90. The molecule has 2 aliphatic rings. The predicted molar refractivity (Wildman–Crippen MR) is 113 cm³/mol. The molecule has 1 N–H and O–H groups in total. The van der Waals surface area contributed by atoms with E-state index in [9.17, 15) is 9.59 Å². The first-order chi connectivity index (χ1) is 14.7. The Bertz CT molecular complexity index is 876. The Hall–Kier alpha value is -3.02. The van der Waals surface area contributed by atoms with Crippen LogP contribution in [0.2, 0.25) is 0 Å². The molecule has 0 spiro atoms. The van der Waals surface area contributed by atoms with E-state index in [4.69, 9.17) is 9.47 Å². The van der Waals surface area contributed by atoms with Gasteiger partial charge in [-0.15, -0.1) is 0 Å². The molecule has 2 aromatic carbocycles. The minimum atomic E-state index is 0.0893. The Kier molecular flexibility index (Phi) is 6.52. The van der Waals surface area contributed by atoms with Crippen molar-refractivity contribution < 1.29 is 19.1 Å². The van der Waals surface area contributed by atoms with Crippen LogP contribution in [0.5, 0.6) is 11.5 Å².